The van der Waals surface area contributed by atoms with Crippen LogP contribution in [0, 0.1) is 0 Å². The molecule has 2 aliphatic heterocycles. The molecule has 0 atom stereocenters. The molecule has 5 heterocycles. The van der Waals surface area contributed by atoms with Gasteiger partial charge in [-0.3, -0.25) is 0 Å². The van der Waals surface area contributed by atoms with Crippen molar-refractivity contribution in [2.45, 2.75) is 47.3 Å². The fourth-order valence-corrected chi connectivity index (χ4v) is 17.3. The van der Waals surface area contributed by atoms with E-state index in [2.05, 4.69) is 194 Å². The molecule has 0 N–H and O–H groups in total. The van der Waals surface area contributed by atoms with Gasteiger partial charge in [0.25, 0.3) is 0 Å². The summed E-state index contributed by atoms with van der Waals surface area (Å²) in [5.74, 6) is 1.67. The average molecular weight is 1040 g/mol. The number of hydrogen-bond acceptors (Lipinski definition) is 6. The molecule has 81 heavy (non-hydrogen) atoms. The zero-order chi connectivity index (χ0) is 51.4. The van der Waals surface area contributed by atoms with Gasteiger partial charge in [0.1, 0.15) is 0 Å². The number of nitrogens with zero attached hydrogens (tertiary/aromatic N) is 8. The van der Waals surface area contributed by atoms with Gasteiger partial charge in [-0.15, -0.1) is 0 Å². The normalized spacial score (nSPS) is 22.6. The summed E-state index contributed by atoms with van der Waals surface area (Å²) in [6.07, 6.45) is 0. The molecule has 0 amide bonds. The van der Waals surface area contributed by atoms with Crippen LogP contribution in [0.2, 0.25) is 0 Å². The van der Waals surface area contributed by atoms with Crippen LogP contribution >= 0.6 is 0 Å². The van der Waals surface area contributed by atoms with E-state index < -0.39 is 0 Å². The molecule has 0 saturated carbocycles. The van der Waals surface area contributed by atoms with Crippen molar-refractivity contribution in [3.05, 3.63) is 329 Å². The van der Waals surface area contributed by atoms with E-state index >= 15 is 0 Å². The van der Waals surface area contributed by atoms with Gasteiger partial charge in [-0.25, -0.2) is 9.97 Å². The van der Waals surface area contributed by atoms with Gasteiger partial charge in [0.2, 0.25) is 0 Å². The first-order valence-electron chi connectivity index (χ1n) is 28.1. The summed E-state index contributed by atoms with van der Waals surface area (Å²) in [5, 5.41) is 0. The predicted octanol–water partition coefficient (Wildman–Crippen LogP) is 13.2. The molecule has 12 aliphatic carbocycles. The molecule has 0 saturated heterocycles. The second kappa shape index (κ2) is 15.2. The number of rotatable bonds is 0. The van der Waals surface area contributed by atoms with Crippen LogP contribution in [0.15, 0.2) is 194 Å². The van der Waals surface area contributed by atoms with Gasteiger partial charge in [0.05, 0.1) is 23.3 Å². The first-order valence-corrected chi connectivity index (χ1v) is 28.1. The van der Waals surface area contributed by atoms with E-state index in [1.54, 1.807) is 0 Å². The van der Waals surface area contributed by atoms with E-state index in [4.69, 9.17) is 39.9 Å². The third-order valence-corrected chi connectivity index (χ3v) is 20.0. The van der Waals surface area contributed by atoms with Crippen molar-refractivity contribution in [2.24, 2.45) is 0 Å². The van der Waals surface area contributed by atoms with Gasteiger partial charge in [0, 0.05) is 69.9 Å². The Hall–Kier alpha value is -9.15. The zero-order valence-corrected chi connectivity index (χ0v) is 44.8. The molecule has 16 bridgehead atoms. The van der Waals surface area contributed by atoms with Crippen molar-refractivity contribution >= 4 is 67.9 Å². The van der Waals surface area contributed by atoms with Crippen molar-refractivity contribution in [3.63, 3.8) is 0 Å². The largest absolute Gasteiger partial charge is 2.00 e. The van der Waals surface area contributed by atoms with Crippen LogP contribution in [0.3, 0.4) is 0 Å². The molecule has 0 spiro atoms. The number of benzene rings is 8. The molecule has 0 unspecified atom stereocenters. The predicted molar refractivity (Wildman–Crippen MR) is 312 cm³/mol. The van der Waals surface area contributed by atoms with Gasteiger partial charge < -0.3 is 29.9 Å². The Morgan fingerprint density at radius 3 is 0.506 bits per heavy atom. The van der Waals surface area contributed by atoms with Crippen LogP contribution in [0.1, 0.15) is 182 Å². The van der Waals surface area contributed by atoms with Crippen LogP contribution < -0.4 is 9.97 Å². The second-order valence-electron chi connectivity index (χ2n) is 23.3. The molecule has 14 aliphatic rings. The smallest absolute Gasteiger partial charge is 0.358 e. The minimum atomic E-state index is -0.117. The first kappa shape index (κ1) is 43.7. The molecule has 0 fully saturated rings. The second-order valence-corrected chi connectivity index (χ2v) is 23.3. The summed E-state index contributed by atoms with van der Waals surface area (Å²) in [6, 6.07) is 71.7. The van der Waals surface area contributed by atoms with Crippen LogP contribution in [0.25, 0.3) is 44.9 Å². The molecule has 0 radical (unpaired) electrons. The van der Waals surface area contributed by atoms with Crippen molar-refractivity contribution in [1.29, 1.82) is 0 Å². The van der Waals surface area contributed by atoms with E-state index in [1.165, 1.54) is 89.0 Å². The summed E-state index contributed by atoms with van der Waals surface area (Å²) in [6.45, 7) is 0. The van der Waals surface area contributed by atoms with Crippen LogP contribution in [0.5, 0.6) is 0 Å². The summed E-state index contributed by atoms with van der Waals surface area (Å²) in [7, 11) is 0. The number of hydrogen-bond donors (Lipinski definition) is 0. The maximum absolute atomic E-state index is 5.89. The van der Waals surface area contributed by atoms with Crippen molar-refractivity contribution < 1.29 is 0 Å². The number of allylic oxidation sites excluding steroid dienone is 4. The fraction of sp³-hybridized carbons (Fsp3) is 0.111. The average Bonchev–Trinajstić information content (AvgIpc) is 3.15. The minimum absolute atomic E-state index is 0. The van der Waals surface area contributed by atoms with Crippen molar-refractivity contribution in [3.8, 4) is 0 Å². The molecule has 8 nitrogen and oxygen atoms in total. The molecule has 9 heteroatoms. The molecule has 11 aromatic rings. The Morgan fingerprint density at radius 1 is 0.198 bits per heavy atom. The van der Waals surface area contributed by atoms with Gasteiger partial charge in [0.15, 0.2) is 0 Å². The van der Waals surface area contributed by atoms with Gasteiger partial charge in [-0.05, 0) is 134 Å². The number of aromatic nitrogens is 8. The minimum Gasteiger partial charge on any atom is -0.358 e. The fourth-order valence-electron chi connectivity index (χ4n) is 17.3. The van der Waals surface area contributed by atoms with Gasteiger partial charge >= 0.3 is 23.1 Å². The zero-order valence-electron chi connectivity index (χ0n) is 43.4. The maximum atomic E-state index is 5.89. The molecule has 3 aromatic heterocycles. The third kappa shape index (κ3) is 5.17. The number of fused-ring (bicyclic) bond motifs is 8. The monoisotopic (exact) mass is 1040 g/mol. The van der Waals surface area contributed by atoms with E-state index in [1.807, 2.05) is 0 Å². The standard InChI is InChI=1S/C72H40N8.Mg/c1-2-18-34-33(17-1)49-35-19-3-4-20-36(35)50(34)58-57(49)65-73-66(58)78-68-61-53-41-25-9-11-27-43(41)54(44-28-12-10-26-42(44)53)62(61)70(75-68)80-72-64-56-47-31-15-13-29-45(47)55(46-30-14-16-32-48(46)56)63(64)71(76-72)79-69-60-52-39-23-7-5-21-37(39)51(59(60)67(74-69)77-65)38-22-6-8-24-40(38)52;/h1-32,49-56H;/q-2;+2. The molecule has 370 valence electrons. The first-order chi connectivity index (χ1) is 39.7. The summed E-state index contributed by atoms with van der Waals surface area (Å²) < 4.78 is 0. The van der Waals surface area contributed by atoms with E-state index in [9.17, 15) is 0 Å². The quantitative estimate of drug-likeness (QED) is 0.138. The van der Waals surface area contributed by atoms with Crippen molar-refractivity contribution in [2.75, 3.05) is 0 Å². The van der Waals surface area contributed by atoms with Crippen LogP contribution in [-0.2, 0) is 0 Å². The summed E-state index contributed by atoms with van der Waals surface area (Å²) in [4.78, 5) is 46.6. The Morgan fingerprint density at radius 2 is 0.346 bits per heavy atom. The van der Waals surface area contributed by atoms with Gasteiger partial charge in [-0.1, -0.05) is 194 Å². The molecular weight excluding hydrogens is 1000 g/mol. The maximum Gasteiger partial charge on any atom is 2.00 e. The summed E-state index contributed by atoms with van der Waals surface area (Å²) in [5.41, 5.74) is 32.0. The molecular formula is C72H40MgN8. The molecule has 8 aromatic carbocycles. The Bertz CT molecular complexity index is 4250. The SMILES string of the molecule is [Mg+2].c1ccc2c(c1)C1C3=C(c4nc3nc3[n-]c(nc5nc(nc6[n-]c(n4)c4c6C6c7ccccc7C4c4ccccc46)C4=C5C5c6ccccc6C4c4ccccc45)c4c3C3c5ccccc5C4c4ccccc43)C2c2ccccc21. The topological polar surface area (TPSA) is 106 Å². The summed E-state index contributed by atoms with van der Waals surface area (Å²) >= 11 is 0. The van der Waals surface area contributed by atoms with Crippen LogP contribution in [-0.4, -0.2) is 53.0 Å². The van der Waals surface area contributed by atoms with Crippen molar-refractivity contribution in [1.82, 2.24) is 39.9 Å². The Kier molecular flexibility index (Phi) is 8.19. The Balaban J connectivity index is 0.00000476. The van der Waals surface area contributed by atoms with Gasteiger partial charge in [-0.2, -0.15) is 0 Å². The van der Waals surface area contributed by atoms with E-state index in [0.29, 0.717) is 45.9 Å². The molecule has 25 rings (SSSR count). The third-order valence-electron chi connectivity index (χ3n) is 20.0. The Labute approximate surface area is 480 Å². The van der Waals surface area contributed by atoms with E-state index in [0.717, 1.165) is 44.5 Å². The van der Waals surface area contributed by atoms with Crippen LogP contribution in [0.4, 0.5) is 0 Å². The van der Waals surface area contributed by atoms with E-state index in [-0.39, 0.29) is 70.4 Å².